The number of likely N-dealkylation sites (N-methyl/N-ethyl adjacent to an activating group) is 1. The maximum absolute atomic E-state index is 12.8. The van der Waals surface area contributed by atoms with Gasteiger partial charge in [-0.05, 0) is 31.3 Å². The second-order valence-corrected chi connectivity index (χ2v) is 6.20. The summed E-state index contributed by atoms with van der Waals surface area (Å²) < 4.78 is 54.1. The minimum absolute atomic E-state index is 0.0655. The van der Waals surface area contributed by atoms with Gasteiger partial charge >= 0.3 is 12.1 Å². The molecule has 2 rings (SSSR count). The zero-order valence-electron chi connectivity index (χ0n) is 13.8. The third-order valence-electron chi connectivity index (χ3n) is 3.53. The largest absolute Gasteiger partial charge is 0.465 e. The van der Waals surface area contributed by atoms with Gasteiger partial charge in [0.05, 0.1) is 38.1 Å². The summed E-state index contributed by atoms with van der Waals surface area (Å²) in [5.41, 5.74) is -2.07. The van der Waals surface area contributed by atoms with Crippen LogP contribution in [0.4, 0.5) is 13.2 Å². The summed E-state index contributed by atoms with van der Waals surface area (Å²) in [5, 5.41) is 0.318. The minimum Gasteiger partial charge on any atom is -0.465 e. The van der Waals surface area contributed by atoms with Crippen LogP contribution in [0.15, 0.2) is 12.1 Å². The number of rotatable bonds is 5. The van der Waals surface area contributed by atoms with Crippen molar-refractivity contribution in [2.45, 2.75) is 25.3 Å². The van der Waals surface area contributed by atoms with Gasteiger partial charge in [0, 0.05) is 7.05 Å². The van der Waals surface area contributed by atoms with Gasteiger partial charge in [0.15, 0.2) is 0 Å². The van der Waals surface area contributed by atoms with E-state index < -0.39 is 23.4 Å². The third-order valence-corrected chi connectivity index (χ3v) is 3.93. The molecule has 1 aliphatic rings. The molecule has 1 saturated heterocycles. The highest BCUT2D eigenvalue weighted by Gasteiger charge is 2.38. The molecule has 0 radical (unpaired) electrons. The first-order valence-corrected chi connectivity index (χ1v) is 7.64. The Labute approximate surface area is 147 Å². The molecule has 0 bridgehead atoms. The average Bonchev–Trinajstić information content (AvgIpc) is 2.78. The van der Waals surface area contributed by atoms with E-state index in [1.54, 1.807) is 18.9 Å². The van der Waals surface area contributed by atoms with Crippen molar-refractivity contribution >= 4 is 23.4 Å². The number of nitrogens with zero attached hydrogens (tertiary/aromatic N) is 2. The van der Waals surface area contributed by atoms with E-state index in [2.05, 4.69) is 9.72 Å². The molecule has 2 heterocycles. The highest BCUT2D eigenvalue weighted by atomic mass is 32.1. The number of pyridine rings is 1. The molecule has 0 aliphatic carbocycles. The van der Waals surface area contributed by atoms with Gasteiger partial charge in [-0.3, -0.25) is 0 Å². The molecule has 0 saturated carbocycles. The number of thiocarbonyl (C=S) groups is 1. The number of aromatic nitrogens is 1. The number of alkyl halides is 3. The molecule has 1 unspecified atom stereocenters. The van der Waals surface area contributed by atoms with Crippen LogP contribution in [0.2, 0.25) is 0 Å². The molecule has 1 aromatic rings. The van der Waals surface area contributed by atoms with Crippen LogP contribution >= 0.6 is 12.2 Å². The molecule has 10 heteroatoms. The molecular weight excluding hydrogens is 361 g/mol. The zero-order chi connectivity index (χ0) is 18.8. The summed E-state index contributed by atoms with van der Waals surface area (Å²) in [6.45, 7) is 2.01. The average molecular weight is 378 g/mol. The Bertz CT molecular complexity index is 683. The standard InChI is InChI=1S/C15H17F3N2O4S/c1-14(7-20(2)13(25)24-14)8-23-6-10-9(12(21)22-3)4-5-11(19-10)15(16,17)18/h4-5H,6-8H2,1-3H3. The summed E-state index contributed by atoms with van der Waals surface area (Å²) in [6, 6.07) is 1.75. The van der Waals surface area contributed by atoms with E-state index in [-0.39, 0.29) is 24.5 Å². The molecule has 0 aromatic carbocycles. The monoisotopic (exact) mass is 378 g/mol. The Morgan fingerprint density at radius 3 is 2.68 bits per heavy atom. The van der Waals surface area contributed by atoms with Crippen LogP contribution in [-0.2, 0) is 27.0 Å². The highest BCUT2D eigenvalue weighted by molar-refractivity contribution is 7.80. The molecule has 1 fully saturated rings. The summed E-state index contributed by atoms with van der Waals surface area (Å²) in [4.78, 5) is 16.9. The molecule has 0 amide bonds. The lowest BCUT2D eigenvalue weighted by atomic mass is 10.1. The molecule has 1 atom stereocenters. The van der Waals surface area contributed by atoms with Gasteiger partial charge in [-0.25, -0.2) is 9.78 Å². The van der Waals surface area contributed by atoms with Crippen molar-refractivity contribution in [1.29, 1.82) is 0 Å². The lowest BCUT2D eigenvalue weighted by Gasteiger charge is -2.22. The summed E-state index contributed by atoms with van der Waals surface area (Å²) in [7, 11) is 2.89. The lowest BCUT2D eigenvalue weighted by Crippen LogP contribution is -2.35. The first-order valence-electron chi connectivity index (χ1n) is 7.23. The van der Waals surface area contributed by atoms with E-state index in [9.17, 15) is 18.0 Å². The van der Waals surface area contributed by atoms with Crippen molar-refractivity contribution in [2.24, 2.45) is 0 Å². The first-order chi connectivity index (χ1) is 11.6. The van der Waals surface area contributed by atoms with Crippen LogP contribution in [0.1, 0.15) is 28.7 Å². The fraction of sp³-hybridized carbons (Fsp3) is 0.533. The van der Waals surface area contributed by atoms with Gasteiger partial charge in [0.1, 0.15) is 11.3 Å². The van der Waals surface area contributed by atoms with E-state index in [4.69, 9.17) is 21.7 Å². The summed E-state index contributed by atoms with van der Waals surface area (Å²) >= 11 is 5.01. The smallest absolute Gasteiger partial charge is 0.433 e. The number of halogens is 3. The van der Waals surface area contributed by atoms with Gasteiger partial charge in [-0.2, -0.15) is 13.2 Å². The zero-order valence-corrected chi connectivity index (χ0v) is 14.7. The molecular formula is C15H17F3N2O4S. The number of ether oxygens (including phenoxy) is 3. The predicted molar refractivity (Wildman–Crippen MR) is 85.0 cm³/mol. The quantitative estimate of drug-likeness (QED) is 0.576. The van der Waals surface area contributed by atoms with E-state index >= 15 is 0 Å². The van der Waals surface area contributed by atoms with Crippen LogP contribution in [0.3, 0.4) is 0 Å². The van der Waals surface area contributed by atoms with Gasteiger partial charge in [-0.1, -0.05) is 0 Å². The van der Waals surface area contributed by atoms with Crippen LogP contribution in [0, 0.1) is 0 Å². The van der Waals surface area contributed by atoms with Crippen LogP contribution in [0.5, 0.6) is 0 Å². The van der Waals surface area contributed by atoms with E-state index in [0.717, 1.165) is 19.2 Å². The van der Waals surface area contributed by atoms with Gasteiger partial charge < -0.3 is 19.1 Å². The minimum atomic E-state index is -4.63. The Hall–Kier alpha value is -1.94. The second kappa shape index (κ2) is 7.12. The van der Waals surface area contributed by atoms with Gasteiger partial charge in [0.2, 0.25) is 0 Å². The predicted octanol–water partition coefficient (Wildman–Crippen LogP) is 2.41. The maximum Gasteiger partial charge on any atom is 0.433 e. The number of carbonyl (C=O) groups excluding carboxylic acids is 1. The van der Waals surface area contributed by atoms with Gasteiger partial charge in [0.25, 0.3) is 5.17 Å². The van der Waals surface area contributed by atoms with E-state index in [1.165, 1.54) is 0 Å². The molecule has 1 aliphatic heterocycles. The molecule has 138 valence electrons. The number of hydrogen-bond donors (Lipinski definition) is 0. The van der Waals surface area contributed by atoms with Crippen LogP contribution in [-0.4, -0.2) is 53.9 Å². The maximum atomic E-state index is 12.8. The second-order valence-electron chi connectivity index (χ2n) is 5.85. The van der Waals surface area contributed by atoms with Crippen molar-refractivity contribution in [1.82, 2.24) is 9.88 Å². The molecule has 0 spiro atoms. The topological polar surface area (TPSA) is 60.9 Å². The van der Waals surface area contributed by atoms with E-state index in [1.807, 2.05) is 0 Å². The SMILES string of the molecule is COC(=O)c1ccc(C(F)(F)F)nc1COCC1(C)CN(C)C(=S)O1. The summed E-state index contributed by atoms with van der Waals surface area (Å²) in [6.07, 6.45) is -4.63. The summed E-state index contributed by atoms with van der Waals surface area (Å²) in [5.74, 6) is -0.788. The number of methoxy groups -OCH3 is 1. The Balaban J connectivity index is 2.14. The van der Waals surface area contributed by atoms with Crippen LogP contribution in [0.25, 0.3) is 0 Å². The van der Waals surface area contributed by atoms with Crippen molar-refractivity contribution < 1.29 is 32.2 Å². The molecule has 1 aromatic heterocycles. The fourth-order valence-corrected chi connectivity index (χ4v) is 2.66. The highest BCUT2D eigenvalue weighted by Crippen LogP contribution is 2.29. The molecule has 6 nitrogen and oxygen atoms in total. The van der Waals surface area contributed by atoms with Crippen molar-refractivity contribution in [2.75, 3.05) is 27.3 Å². The van der Waals surface area contributed by atoms with Crippen molar-refractivity contribution in [3.05, 3.63) is 29.1 Å². The molecule has 25 heavy (non-hydrogen) atoms. The Morgan fingerprint density at radius 1 is 1.48 bits per heavy atom. The number of esters is 1. The van der Waals surface area contributed by atoms with Crippen LogP contribution < -0.4 is 0 Å². The van der Waals surface area contributed by atoms with Crippen molar-refractivity contribution in [3.63, 3.8) is 0 Å². The first kappa shape index (κ1) is 19.4. The Kier molecular flexibility index (Phi) is 5.52. The molecule has 0 N–H and O–H groups in total. The van der Waals surface area contributed by atoms with Gasteiger partial charge in [-0.15, -0.1) is 0 Å². The lowest BCUT2D eigenvalue weighted by molar-refractivity contribution is -0.141. The third kappa shape index (κ3) is 4.57. The number of carbonyl (C=O) groups is 1. The fourth-order valence-electron chi connectivity index (χ4n) is 2.39. The number of hydrogen-bond acceptors (Lipinski definition) is 6. The normalized spacial score (nSPS) is 20.6. The van der Waals surface area contributed by atoms with E-state index in [0.29, 0.717) is 11.7 Å². The van der Waals surface area contributed by atoms with Crippen molar-refractivity contribution in [3.8, 4) is 0 Å². The Morgan fingerprint density at radius 2 is 2.16 bits per heavy atom.